The molecule has 2 N–H and O–H groups in total. The largest absolute Gasteiger partial charge is 0.491 e. The molecule has 0 aromatic heterocycles. The molecule has 0 saturated heterocycles. The van der Waals surface area contributed by atoms with E-state index in [0.717, 1.165) is 18.4 Å². The number of aliphatic hydroxyl groups excluding tert-OH is 1. The fourth-order valence-corrected chi connectivity index (χ4v) is 2.87. The van der Waals surface area contributed by atoms with Crippen LogP contribution in [-0.2, 0) is 0 Å². The number of ether oxygens (including phenoxy) is 1. The van der Waals surface area contributed by atoms with E-state index >= 15 is 0 Å². The number of hydrogen-bond donors (Lipinski definition) is 2. The molecule has 0 heterocycles. The van der Waals surface area contributed by atoms with Crippen molar-refractivity contribution in [3.63, 3.8) is 0 Å². The first kappa shape index (κ1) is 15.8. The third-order valence-corrected chi connectivity index (χ3v) is 4.23. The molecule has 1 aliphatic carbocycles. The van der Waals surface area contributed by atoms with Gasteiger partial charge in [0.05, 0.1) is 11.6 Å². The van der Waals surface area contributed by atoms with Crippen molar-refractivity contribution in [3.8, 4) is 11.8 Å². The molecule has 0 aliphatic heterocycles. The summed E-state index contributed by atoms with van der Waals surface area (Å²) in [5.41, 5.74) is 0.565. The molecule has 4 nitrogen and oxygen atoms in total. The molecule has 3 atom stereocenters. The summed E-state index contributed by atoms with van der Waals surface area (Å²) in [6, 6.07) is 9.05. The van der Waals surface area contributed by atoms with Crippen LogP contribution >= 0.6 is 0 Å². The van der Waals surface area contributed by atoms with Gasteiger partial charge >= 0.3 is 0 Å². The van der Waals surface area contributed by atoms with Crippen LogP contribution in [0.2, 0.25) is 0 Å². The predicted molar refractivity (Wildman–Crippen MR) is 82.0 cm³/mol. The van der Waals surface area contributed by atoms with Gasteiger partial charge in [0.15, 0.2) is 0 Å². The van der Waals surface area contributed by atoms with Crippen LogP contribution in [0.25, 0.3) is 0 Å². The molecule has 2 rings (SSSR count). The number of hydrogen-bond acceptors (Lipinski definition) is 4. The molecule has 0 spiro atoms. The van der Waals surface area contributed by atoms with Crippen LogP contribution in [0.5, 0.6) is 5.75 Å². The van der Waals surface area contributed by atoms with Gasteiger partial charge in [-0.05, 0) is 43.0 Å². The first-order valence-corrected chi connectivity index (χ1v) is 7.71. The minimum Gasteiger partial charge on any atom is -0.491 e. The monoisotopic (exact) mass is 288 g/mol. The van der Waals surface area contributed by atoms with Gasteiger partial charge in [-0.3, -0.25) is 0 Å². The van der Waals surface area contributed by atoms with Gasteiger partial charge in [0.1, 0.15) is 18.5 Å². The van der Waals surface area contributed by atoms with Gasteiger partial charge in [-0.2, -0.15) is 5.26 Å². The molecule has 1 aromatic rings. The van der Waals surface area contributed by atoms with Crippen LogP contribution < -0.4 is 10.1 Å². The Bertz CT molecular complexity index is 484. The van der Waals surface area contributed by atoms with Crippen molar-refractivity contribution in [2.45, 2.75) is 32.3 Å². The van der Waals surface area contributed by atoms with Crippen LogP contribution in [0.15, 0.2) is 24.3 Å². The summed E-state index contributed by atoms with van der Waals surface area (Å²) in [4.78, 5) is 0. The maximum absolute atomic E-state index is 9.92. The molecule has 0 radical (unpaired) electrons. The van der Waals surface area contributed by atoms with Crippen LogP contribution in [0, 0.1) is 23.2 Å². The topological polar surface area (TPSA) is 65.3 Å². The number of nitrogens with zero attached hydrogens (tertiary/aromatic N) is 1. The summed E-state index contributed by atoms with van der Waals surface area (Å²) in [6.07, 6.45) is 3.41. The zero-order chi connectivity index (χ0) is 15.1. The van der Waals surface area contributed by atoms with E-state index in [1.165, 1.54) is 19.3 Å². The average Bonchev–Trinajstić information content (AvgIpc) is 2.91. The fourth-order valence-electron chi connectivity index (χ4n) is 2.87. The van der Waals surface area contributed by atoms with E-state index in [4.69, 9.17) is 10.00 Å². The molecule has 4 heteroatoms. The highest BCUT2D eigenvalue weighted by Gasteiger charge is 2.22. The Labute approximate surface area is 126 Å². The Morgan fingerprint density at radius 1 is 1.48 bits per heavy atom. The summed E-state index contributed by atoms with van der Waals surface area (Å²) in [5.74, 6) is 2.16. The Balaban J connectivity index is 1.65. The Kier molecular flexibility index (Phi) is 6.04. The summed E-state index contributed by atoms with van der Waals surface area (Å²) in [5, 5.41) is 22.1. The quantitative estimate of drug-likeness (QED) is 0.808. The molecule has 0 amide bonds. The number of aliphatic hydroxyl groups is 1. The van der Waals surface area contributed by atoms with E-state index in [-0.39, 0.29) is 6.61 Å². The normalized spacial score (nSPS) is 22.7. The summed E-state index contributed by atoms with van der Waals surface area (Å²) in [6.45, 7) is 4.06. The van der Waals surface area contributed by atoms with Crippen molar-refractivity contribution in [2.75, 3.05) is 19.7 Å². The Morgan fingerprint density at radius 2 is 2.33 bits per heavy atom. The van der Waals surface area contributed by atoms with E-state index < -0.39 is 6.10 Å². The van der Waals surface area contributed by atoms with Crippen molar-refractivity contribution in [3.05, 3.63) is 29.8 Å². The van der Waals surface area contributed by atoms with Crippen LogP contribution in [0.1, 0.15) is 31.7 Å². The second kappa shape index (κ2) is 8.02. The lowest BCUT2D eigenvalue weighted by Crippen LogP contribution is -2.34. The lowest BCUT2D eigenvalue weighted by atomic mass is 9.98. The lowest BCUT2D eigenvalue weighted by molar-refractivity contribution is 0.105. The third-order valence-electron chi connectivity index (χ3n) is 4.23. The van der Waals surface area contributed by atoms with E-state index in [1.54, 1.807) is 24.3 Å². The Hall–Kier alpha value is -1.57. The maximum Gasteiger partial charge on any atom is 0.120 e. The lowest BCUT2D eigenvalue weighted by Gasteiger charge is -2.18. The Morgan fingerprint density at radius 3 is 3.05 bits per heavy atom. The first-order valence-electron chi connectivity index (χ1n) is 7.71. The second-order valence-electron chi connectivity index (χ2n) is 5.93. The van der Waals surface area contributed by atoms with Gasteiger partial charge in [0.2, 0.25) is 0 Å². The summed E-state index contributed by atoms with van der Waals surface area (Å²) in [7, 11) is 0. The van der Waals surface area contributed by atoms with Crippen molar-refractivity contribution in [1.29, 1.82) is 5.26 Å². The average molecular weight is 288 g/mol. The molecular weight excluding hydrogens is 264 g/mol. The maximum atomic E-state index is 9.92. The van der Waals surface area contributed by atoms with E-state index in [2.05, 4.69) is 18.3 Å². The standard InChI is InChI=1S/C17H24N2O2/c1-13-4-2-6-15(13)10-19-11-16(20)12-21-17-7-3-5-14(8-17)9-18/h3,5,7-8,13,15-16,19-20H,2,4,6,10-12H2,1H3. The first-order chi connectivity index (χ1) is 10.2. The van der Waals surface area contributed by atoms with Gasteiger partial charge in [0.25, 0.3) is 0 Å². The molecule has 3 unspecified atom stereocenters. The van der Waals surface area contributed by atoms with Crippen molar-refractivity contribution in [2.24, 2.45) is 11.8 Å². The van der Waals surface area contributed by atoms with Crippen molar-refractivity contribution in [1.82, 2.24) is 5.32 Å². The second-order valence-corrected chi connectivity index (χ2v) is 5.93. The summed E-state index contributed by atoms with van der Waals surface area (Å²) < 4.78 is 5.51. The van der Waals surface area contributed by atoms with E-state index in [1.807, 2.05) is 0 Å². The minimum atomic E-state index is -0.535. The van der Waals surface area contributed by atoms with Crippen LogP contribution in [-0.4, -0.2) is 30.9 Å². The molecule has 1 fully saturated rings. The molecule has 21 heavy (non-hydrogen) atoms. The SMILES string of the molecule is CC1CCCC1CNCC(O)COc1cccc(C#N)c1. The molecule has 1 aliphatic rings. The molecule has 0 bridgehead atoms. The van der Waals surface area contributed by atoms with Gasteiger partial charge < -0.3 is 15.2 Å². The molecule has 114 valence electrons. The van der Waals surface area contributed by atoms with Gasteiger partial charge in [-0.15, -0.1) is 0 Å². The zero-order valence-corrected chi connectivity index (χ0v) is 12.6. The number of benzene rings is 1. The fraction of sp³-hybridized carbons (Fsp3) is 0.588. The zero-order valence-electron chi connectivity index (χ0n) is 12.6. The minimum absolute atomic E-state index is 0.238. The summed E-state index contributed by atoms with van der Waals surface area (Å²) >= 11 is 0. The highest BCUT2D eigenvalue weighted by Crippen LogP contribution is 2.30. The van der Waals surface area contributed by atoms with Crippen molar-refractivity contribution >= 4 is 0 Å². The van der Waals surface area contributed by atoms with Crippen LogP contribution in [0.4, 0.5) is 0 Å². The third kappa shape index (κ3) is 5.04. The van der Waals surface area contributed by atoms with Crippen molar-refractivity contribution < 1.29 is 9.84 Å². The number of nitriles is 1. The predicted octanol–water partition coefficient (Wildman–Crippen LogP) is 2.32. The van der Waals surface area contributed by atoms with Gasteiger partial charge in [-0.25, -0.2) is 0 Å². The van der Waals surface area contributed by atoms with Gasteiger partial charge in [0, 0.05) is 6.54 Å². The molecule has 1 aromatic carbocycles. The van der Waals surface area contributed by atoms with E-state index in [9.17, 15) is 5.11 Å². The highest BCUT2D eigenvalue weighted by atomic mass is 16.5. The van der Waals surface area contributed by atoms with Gasteiger partial charge in [-0.1, -0.05) is 25.8 Å². The smallest absolute Gasteiger partial charge is 0.120 e. The van der Waals surface area contributed by atoms with E-state index in [0.29, 0.717) is 17.9 Å². The molecule has 1 saturated carbocycles. The number of rotatable bonds is 7. The number of nitrogens with one attached hydrogen (secondary N) is 1. The highest BCUT2D eigenvalue weighted by molar-refractivity contribution is 5.36. The van der Waals surface area contributed by atoms with Crippen LogP contribution in [0.3, 0.4) is 0 Å². The molecular formula is C17H24N2O2.